The highest BCUT2D eigenvalue weighted by atomic mass is 19.4. The van der Waals surface area contributed by atoms with Crippen LogP contribution in [0.5, 0.6) is 11.5 Å². The van der Waals surface area contributed by atoms with Gasteiger partial charge in [0.2, 0.25) is 5.82 Å². The fourth-order valence-electron chi connectivity index (χ4n) is 2.71. The number of rotatable bonds is 8. The van der Waals surface area contributed by atoms with Crippen LogP contribution in [0, 0.1) is 11.3 Å². The predicted molar refractivity (Wildman–Crippen MR) is 106 cm³/mol. The van der Waals surface area contributed by atoms with Crippen LogP contribution in [0.25, 0.3) is 5.57 Å². The molecule has 3 aromatic rings. The van der Waals surface area contributed by atoms with E-state index in [1.807, 2.05) is 6.07 Å². The number of alkyl halides is 3. The van der Waals surface area contributed by atoms with Crippen LogP contribution in [0.1, 0.15) is 23.2 Å². The number of benzene rings is 2. The molecule has 3 rings (SSSR count). The lowest BCUT2D eigenvalue weighted by Crippen LogP contribution is -2.07. The quantitative estimate of drug-likeness (QED) is 0.389. The summed E-state index contributed by atoms with van der Waals surface area (Å²) in [7, 11) is 2.82. The van der Waals surface area contributed by atoms with E-state index in [0.29, 0.717) is 11.3 Å². The smallest absolute Gasteiger partial charge is 0.416 e. The number of hydrogen-bond donors (Lipinski definition) is 2. The van der Waals surface area contributed by atoms with Gasteiger partial charge in [-0.3, -0.25) is 0 Å². The zero-order valence-corrected chi connectivity index (χ0v) is 16.8. The predicted octanol–water partition coefficient (Wildman–Crippen LogP) is 4.28. The standard InChI is InChI=1S/C20H17F3N6O3/c1-30-19(31-2)16-9-14(25-11-12(10-24)18-26-28-29-27-18)6-7-17(16)32-15-5-3-4-13(8-15)20(21,22)23/h3-9,11,19,25H,1-2H3,(H,26,27,28,29). The summed E-state index contributed by atoms with van der Waals surface area (Å²) in [5.41, 5.74) is 0.218. The Morgan fingerprint density at radius 1 is 1.19 bits per heavy atom. The normalized spacial score (nSPS) is 12.0. The van der Waals surface area contributed by atoms with Crippen LogP contribution in [0.4, 0.5) is 18.9 Å². The third-order valence-corrected chi connectivity index (χ3v) is 4.17. The molecule has 1 aromatic heterocycles. The van der Waals surface area contributed by atoms with Gasteiger partial charge in [-0.1, -0.05) is 6.07 Å². The maximum atomic E-state index is 13.0. The van der Waals surface area contributed by atoms with E-state index >= 15 is 0 Å². The fourth-order valence-corrected chi connectivity index (χ4v) is 2.71. The van der Waals surface area contributed by atoms with E-state index in [-0.39, 0.29) is 22.9 Å². The number of methoxy groups -OCH3 is 2. The summed E-state index contributed by atoms with van der Waals surface area (Å²) in [5.74, 6) is 0.333. The average Bonchev–Trinajstić information content (AvgIpc) is 3.31. The van der Waals surface area contributed by atoms with Gasteiger partial charge in [0.15, 0.2) is 6.29 Å². The highest BCUT2D eigenvalue weighted by Crippen LogP contribution is 2.36. The van der Waals surface area contributed by atoms with Gasteiger partial charge in [0.1, 0.15) is 23.1 Å². The lowest BCUT2D eigenvalue weighted by Gasteiger charge is -2.19. The van der Waals surface area contributed by atoms with Crippen molar-refractivity contribution in [2.45, 2.75) is 12.5 Å². The van der Waals surface area contributed by atoms with Crippen LogP contribution in [0.3, 0.4) is 0 Å². The Labute approximate surface area is 180 Å². The van der Waals surface area contributed by atoms with E-state index in [4.69, 9.17) is 14.2 Å². The zero-order chi connectivity index (χ0) is 23.1. The molecule has 0 saturated heterocycles. The van der Waals surface area contributed by atoms with Gasteiger partial charge in [-0.2, -0.15) is 23.6 Å². The number of halogens is 3. The van der Waals surface area contributed by atoms with E-state index in [9.17, 15) is 18.4 Å². The highest BCUT2D eigenvalue weighted by Gasteiger charge is 2.30. The first-order valence-electron chi connectivity index (χ1n) is 9.01. The van der Waals surface area contributed by atoms with Crippen molar-refractivity contribution >= 4 is 11.3 Å². The summed E-state index contributed by atoms with van der Waals surface area (Å²) in [6.45, 7) is 0. The summed E-state index contributed by atoms with van der Waals surface area (Å²) < 4.78 is 55.3. The molecule has 0 aliphatic carbocycles. The van der Waals surface area contributed by atoms with E-state index in [2.05, 4.69) is 25.9 Å². The molecule has 0 aliphatic rings. The molecule has 0 aliphatic heterocycles. The zero-order valence-electron chi connectivity index (χ0n) is 16.8. The molecule has 9 nitrogen and oxygen atoms in total. The van der Waals surface area contributed by atoms with E-state index < -0.39 is 18.0 Å². The number of ether oxygens (including phenoxy) is 3. The minimum atomic E-state index is -4.50. The van der Waals surface area contributed by atoms with Crippen LogP contribution in [0.15, 0.2) is 48.7 Å². The van der Waals surface area contributed by atoms with Crippen molar-refractivity contribution in [3.05, 3.63) is 65.6 Å². The monoisotopic (exact) mass is 446 g/mol. The molecule has 32 heavy (non-hydrogen) atoms. The Balaban J connectivity index is 1.91. The molecule has 0 unspecified atom stereocenters. The molecule has 0 radical (unpaired) electrons. The summed E-state index contributed by atoms with van der Waals surface area (Å²) in [6, 6.07) is 11.2. The van der Waals surface area contributed by atoms with Gasteiger partial charge < -0.3 is 19.5 Å². The first-order valence-corrected chi connectivity index (χ1v) is 9.01. The van der Waals surface area contributed by atoms with Crippen molar-refractivity contribution in [3.63, 3.8) is 0 Å². The summed E-state index contributed by atoms with van der Waals surface area (Å²) in [5, 5.41) is 25.3. The fraction of sp³-hybridized carbons (Fsp3) is 0.200. The van der Waals surface area contributed by atoms with Crippen molar-refractivity contribution < 1.29 is 27.4 Å². The first kappa shape index (κ1) is 22.7. The van der Waals surface area contributed by atoms with Crippen molar-refractivity contribution in [3.8, 4) is 17.6 Å². The largest absolute Gasteiger partial charge is 0.457 e. The number of nitriles is 1. The van der Waals surface area contributed by atoms with Crippen LogP contribution >= 0.6 is 0 Å². The SMILES string of the molecule is COC(OC)c1cc(NC=C(C#N)c2nn[nH]n2)ccc1Oc1cccc(C(F)(F)F)c1. The number of anilines is 1. The molecule has 2 N–H and O–H groups in total. The minimum absolute atomic E-state index is 0.00323. The van der Waals surface area contributed by atoms with Crippen molar-refractivity contribution in [1.82, 2.24) is 20.6 Å². The Morgan fingerprint density at radius 2 is 1.97 bits per heavy atom. The summed E-state index contributed by atoms with van der Waals surface area (Å²) in [6.07, 6.45) is -3.98. The molecule has 0 spiro atoms. The van der Waals surface area contributed by atoms with E-state index in [0.717, 1.165) is 12.1 Å². The Bertz CT molecular complexity index is 1120. The van der Waals surface area contributed by atoms with E-state index in [1.165, 1.54) is 38.6 Å². The molecule has 1 heterocycles. The third-order valence-electron chi connectivity index (χ3n) is 4.17. The van der Waals surface area contributed by atoms with Crippen LogP contribution in [-0.4, -0.2) is 34.8 Å². The summed E-state index contributed by atoms with van der Waals surface area (Å²) in [4.78, 5) is 0. The molecule has 0 atom stereocenters. The summed E-state index contributed by atoms with van der Waals surface area (Å²) >= 11 is 0. The van der Waals surface area contributed by atoms with Gasteiger partial charge in [0, 0.05) is 26.1 Å². The molecule has 2 aromatic carbocycles. The lowest BCUT2D eigenvalue weighted by atomic mass is 10.1. The Morgan fingerprint density at radius 3 is 2.59 bits per heavy atom. The second-order valence-electron chi connectivity index (χ2n) is 6.23. The van der Waals surface area contributed by atoms with Gasteiger partial charge in [0.25, 0.3) is 0 Å². The first-order chi connectivity index (χ1) is 15.4. The number of hydrogen-bond acceptors (Lipinski definition) is 8. The molecule has 12 heteroatoms. The van der Waals surface area contributed by atoms with Crippen LogP contribution in [-0.2, 0) is 15.7 Å². The second-order valence-corrected chi connectivity index (χ2v) is 6.23. The van der Waals surface area contributed by atoms with Gasteiger partial charge in [-0.15, -0.1) is 10.2 Å². The molecular formula is C20H17F3N6O3. The number of nitrogens with one attached hydrogen (secondary N) is 2. The lowest BCUT2D eigenvalue weighted by molar-refractivity contribution is -0.137. The van der Waals surface area contributed by atoms with Crippen molar-refractivity contribution in [1.29, 1.82) is 5.26 Å². The van der Waals surface area contributed by atoms with Gasteiger partial charge >= 0.3 is 6.18 Å². The molecule has 166 valence electrons. The topological polar surface area (TPSA) is 118 Å². The number of H-pyrrole nitrogens is 1. The highest BCUT2D eigenvalue weighted by molar-refractivity contribution is 5.74. The minimum Gasteiger partial charge on any atom is -0.457 e. The molecule has 0 amide bonds. The molecule has 0 bridgehead atoms. The number of aromatic amines is 1. The number of aromatic nitrogens is 4. The maximum absolute atomic E-state index is 13.0. The number of nitrogens with zero attached hydrogens (tertiary/aromatic N) is 4. The number of tetrazole rings is 1. The van der Waals surface area contributed by atoms with Gasteiger partial charge in [0.05, 0.1) is 11.1 Å². The van der Waals surface area contributed by atoms with Gasteiger partial charge in [-0.05, 0) is 41.6 Å². The molecular weight excluding hydrogens is 429 g/mol. The second kappa shape index (κ2) is 9.90. The Hall–Kier alpha value is -3.95. The van der Waals surface area contributed by atoms with Crippen LogP contribution < -0.4 is 10.1 Å². The van der Waals surface area contributed by atoms with Crippen molar-refractivity contribution in [2.75, 3.05) is 19.5 Å². The molecule has 0 saturated carbocycles. The Kier molecular flexibility index (Phi) is 7.04. The van der Waals surface area contributed by atoms with E-state index in [1.54, 1.807) is 12.1 Å². The number of allylic oxidation sites excluding steroid dienone is 1. The maximum Gasteiger partial charge on any atom is 0.416 e. The van der Waals surface area contributed by atoms with Crippen LogP contribution in [0.2, 0.25) is 0 Å². The van der Waals surface area contributed by atoms with Gasteiger partial charge in [-0.25, -0.2) is 0 Å². The van der Waals surface area contributed by atoms with Crippen molar-refractivity contribution in [2.24, 2.45) is 0 Å². The third kappa shape index (κ3) is 5.39. The molecule has 0 fully saturated rings. The average molecular weight is 446 g/mol.